The summed E-state index contributed by atoms with van der Waals surface area (Å²) in [5, 5.41) is 43.6. The molecule has 3 rings (SSSR count). The number of hydrogen-bond donors (Lipinski definition) is 4. The molecule has 0 fully saturated rings. The highest BCUT2D eigenvalue weighted by Crippen LogP contribution is 2.41. The molecule has 1 aromatic heterocycles. The first kappa shape index (κ1) is 17.9. The Hall–Kier alpha value is -4.89. The number of nitro benzene ring substituents is 1. The summed E-state index contributed by atoms with van der Waals surface area (Å²) >= 11 is 0. The normalized spacial score (nSPS) is 14.3. The molecule has 1 unspecified atom stereocenters. The van der Waals surface area contributed by atoms with Crippen molar-refractivity contribution < 1.29 is 4.92 Å². The predicted octanol–water partition coefficient (Wildman–Crippen LogP) is 0.839. The summed E-state index contributed by atoms with van der Waals surface area (Å²) < 4.78 is 0. The number of pyridine rings is 1. The topological polar surface area (TPSA) is 216 Å². The molecule has 0 radical (unpaired) electrons. The fourth-order valence-corrected chi connectivity index (χ4v) is 2.79. The van der Waals surface area contributed by atoms with E-state index >= 15 is 0 Å². The minimum atomic E-state index is -0.889. The minimum Gasteiger partial charge on any atom is -0.397 e. The van der Waals surface area contributed by atoms with Gasteiger partial charge in [0, 0.05) is 11.6 Å². The lowest BCUT2D eigenvalue weighted by atomic mass is 9.94. The summed E-state index contributed by atoms with van der Waals surface area (Å²) in [7, 11) is 0. The summed E-state index contributed by atoms with van der Waals surface area (Å²) in [5.41, 5.74) is 12.0. The summed E-state index contributed by atoms with van der Waals surface area (Å²) in [6, 6.07) is 6.64. The van der Waals surface area contributed by atoms with Crippen molar-refractivity contribution in [3.05, 3.63) is 50.6 Å². The molecule has 6 N–H and O–H groups in total. The Morgan fingerprint density at radius 3 is 2.61 bits per heavy atom. The second kappa shape index (κ2) is 6.78. The van der Waals surface area contributed by atoms with E-state index in [1.165, 1.54) is 18.2 Å². The summed E-state index contributed by atoms with van der Waals surface area (Å²) in [5.74, 6) is 0.0982. The molecule has 28 heavy (non-hydrogen) atoms. The smallest absolute Gasteiger partial charge is 0.287 e. The number of nitrogens with one attached hydrogen (secondary N) is 2. The molecule has 2 aromatic rings. The lowest BCUT2D eigenvalue weighted by Crippen LogP contribution is -2.32. The van der Waals surface area contributed by atoms with Crippen LogP contribution in [-0.2, 0) is 0 Å². The zero-order valence-electron chi connectivity index (χ0n) is 14.0. The van der Waals surface area contributed by atoms with Crippen LogP contribution in [0.1, 0.15) is 28.3 Å². The standard InChI is InChI=1S/C16H10N10O2/c17-4-8-3-7(1-2-10(8)26(27)28)13-11-12(20)9(5-18)14(21)24-15(11)25-16(23-13)22-6-19/h1-3,13H,(H6,20,21,22,23,24,25). The molecule has 1 atom stereocenters. The van der Waals surface area contributed by atoms with Crippen LogP contribution in [0.2, 0.25) is 0 Å². The zero-order valence-corrected chi connectivity index (χ0v) is 14.0. The van der Waals surface area contributed by atoms with Crippen LogP contribution in [0.15, 0.2) is 23.2 Å². The molecule has 0 bridgehead atoms. The first-order valence-electron chi connectivity index (χ1n) is 7.58. The van der Waals surface area contributed by atoms with Crippen molar-refractivity contribution >= 4 is 29.0 Å². The summed E-state index contributed by atoms with van der Waals surface area (Å²) in [6.45, 7) is 0. The Labute approximate surface area is 157 Å². The van der Waals surface area contributed by atoms with Crippen LogP contribution in [-0.4, -0.2) is 15.9 Å². The second-order valence-corrected chi connectivity index (χ2v) is 5.55. The Balaban J connectivity index is 2.27. The van der Waals surface area contributed by atoms with Crippen molar-refractivity contribution in [3.63, 3.8) is 0 Å². The van der Waals surface area contributed by atoms with E-state index in [2.05, 4.69) is 20.6 Å². The number of benzene rings is 1. The van der Waals surface area contributed by atoms with Gasteiger partial charge in [0.2, 0.25) is 5.96 Å². The third-order valence-corrected chi connectivity index (χ3v) is 4.01. The van der Waals surface area contributed by atoms with Gasteiger partial charge < -0.3 is 16.8 Å². The first-order valence-corrected chi connectivity index (χ1v) is 7.58. The number of fused-ring (bicyclic) bond motifs is 1. The van der Waals surface area contributed by atoms with Gasteiger partial charge in [0.05, 0.1) is 10.6 Å². The van der Waals surface area contributed by atoms with Gasteiger partial charge in [-0.3, -0.25) is 15.4 Å². The second-order valence-electron chi connectivity index (χ2n) is 5.55. The maximum atomic E-state index is 11.1. The Morgan fingerprint density at radius 1 is 1.25 bits per heavy atom. The summed E-state index contributed by atoms with van der Waals surface area (Å²) in [6.07, 6.45) is 1.71. The van der Waals surface area contributed by atoms with E-state index in [9.17, 15) is 20.6 Å². The van der Waals surface area contributed by atoms with Crippen LogP contribution in [0.3, 0.4) is 0 Å². The van der Waals surface area contributed by atoms with Crippen LogP contribution in [0, 0.1) is 44.2 Å². The van der Waals surface area contributed by atoms with Crippen molar-refractivity contribution in [1.29, 1.82) is 15.8 Å². The number of anilines is 3. The molecule has 0 amide bonds. The average Bonchev–Trinajstić information content (AvgIpc) is 2.67. The number of nitriles is 3. The van der Waals surface area contributed by atoms with Crippen molar-refractivity contribution in [3.8, 4) is 18.3 Å². The van der Waals surface area contributed by atoms with Crippen LogP contribution in [0.4, 0.5) is 23.0 Å². The molecule has 0 spiro atoms. The van der Waals surface area contributed by atoms with Gasteiger partial charge in [-0.2, -0.15) is 15.8 Å². The zero-order chi connectivity index (χ0) is 20.4. The molecule has 12 nitrogen and oxygen atoms in total. The fraction of sp³-hybridized carbons (Fsp3) is 0.0625. The minimum absolute atomic E-state index is 0.0270. The maximum Gasteiger partial charge on any atom is 0.287 e. The van der Waals surface area contributed by atoms with Crippen LogP contribution in [0.5, 0.6) is 0 Å². The lowest BCUT2D eigenvalue weighted by Gasteiger charge is -2.26. The number of aliphatic imine (C=N–C) groups is 1. The summed E-state index contributed by atoms with van der Waals surface area (Å²) in [4.78, 5) is 18.8. The van der Waals surface area contributed by atoms with E-state index in [0.717, 1.165) is 0 Å². The number of aromatic nitrogens is 1. The number of nitrogens with two attached hydrogens (primary N) is 2. The number of nitrogen functional groups attached to an aromatic ring is 2. The molecule has 12 heteroatoms. The molecular formula is C16H10N10O2. The van der Waals surface area contributed by atoms with Gasteiger partial charge >= 0.3 is 0 Å². The van der Waals surface area contributed by atoms with E-state index in [-0.39, 0.29) is 40.1 Å². The van der Waals surface area contributed by atoms with E-state index in [1.807, 2.05) is 6.07 Å². The Kier molecular flexibility index (Phi) is 4.34. The first-order chi connectivity index (χ1) is 13.4. The number of guanidine groups is 1. The van der Waals surface area contributed by atoms with Gasteiger partial charge in [-0.1, -0.05) is 0 Å². The lowest BCUT2D eigenvalue weighted by molar-refractivity contribution is -0.385. The Bertz CT molecular complexity index is 1170. The molecule has 136 valence electrons. The molecule has 1 aliphatic rings. The van der Waals surface area contributed by atoms with Gasteiger partial charge in [0.1, 0.15) is 40.9 Å². The van der Waals surface area contributed by atoms with Gasteiger partial charge in [-0.05, 0) is 17.7 Å². The molecule has 0 aliphatic carbocycles. The van der Waals surface area contributed by atoms with Gasteiger partial charge in [-0.25, -0.2) is 9.98 Å². The van der Waals surface area contributed by atoms with Crippen LogP contribution < -0.4 is 22.1 Å². The largest absolute Gasteiger partial charge is 0.397 e. The highest BCUT2D eigenvalue weighted by atomic mass is 16.6. The quantitative estimate of drug-likeness (QED) is 0.251. The molecule has 1 aliphatic heterocycles. The van der Waals surface area contributed by atoms with Gasteiger partial charge in [0.25, 0.3) is 5.69 Å². The highest BCUT2D eigenvalue weighted by Gasteiger charge is 2.30. The van der Waals surface area contributed by atoms with E-state index in [1.54, 1.807) is 12.3 Å². The SMILES string of the molecule is N#CNC1=NC(c2ccc([N+](=O)[O-])c(C#N)c2)c2c(nc(N)c(C#N)c2N)N1. The monoisotopic (exact) mass is 374 g/mol. The predicted molar refractivity (Wildman–Crippen MR) is 97.2 cm³/mol. The van der Waals surface area contributed by atoms with E-state index in [0.29, 0.717) is 11.1 Å². The van der Waals surface area contributed by atoms with Gasteiger partial charge in [-0.15, -0.1) is 0 Å². The molecule has 0 saturated heterocycles. The number of hydrogen-bond acceptors (Lipinski definition) is 11. The Morgan fingerprint density at radius 2 is 2.00 bits per heavy atom. The van der Waals surface area contributed by atoms with Gasteiger partial charge in [0.15, 0.2) is 6.19 Å². The molecule has 1 aromatic carbocycles. The third kappa shape index (κ3) is 2.81. The van der Waals surface area contributed by atoms with Crippen LogP contribution in [0.25, 0.3) is 0 Å². The highest BCUT2D eigenvalue weighted by molar-refractivity contribution is 5.98. The van der Waals surface area contributed by atoms with Crippen molar-refractivity contribution in [2.45, 2.75) is 6.04 Å². The maximum absolute atomic E-state index is 11.1. The molecule has 0 saturated carbocycles. The average molecular weight is 374 g/mol. The van der Waals surface area contributed by atoms with E-state index in [4.69, 9.17) is 16.7 Å². The third-order valence-electron chi connectivity index (χ3n) is 4.01. The van der Waals surface area contributed by atoms with Crippen molar-refractivity contribution in [2.24, 2.45) is 4.99 Å². The number of rotatable bonds is 2. The van der Waals surface area contributed by atoms with E-state index < -0.39 is 11.0 Å². The van der Waals surface area contributed by atoms with Crippen LogP contribution >= 0.6 is 0 Å². The van der Waals surface area contributed by atoms with Crippen molar-refractivity contribution in [2.75, 3.05) is 16.8 Å². The molecular weight excluding hydrogens is 364 g/mol. The molecule has 2 heterocycles. The number of nitro groups is 1. The number of nitrogens with zero attached hydrogens (tertiary/aromatic N) is 6. The van der Waals surface area contributed by atoms with Crippen molar-refractivity contribution in [1.82, 2.24) is 10.3 Å². The fourth-order valence-electron chi connectivity index (χ4n) is 2.79.